The van der Waals surface area contributed by atoms with Gasteiger partial charge in [0.1, 0.15) is 5.76 Å². The summed E-state index contributed by atoms with van der Waals surface area (Å²) in [6, 6.07) is 0. The number of hydrogen-bond acceptors (Lipinski definition) is 1. The van der Waals surface area contributed by atoms with Gasteiger partial charge in [0, 0.05) is 0 Å². The van der Waals surface area contributed by atoms with E-state index in [1.807, 2.05) is 6.92 Å². The summed E-state index contributed by atoms with van der Waals surface area (Å²) in [6.07, 6.45) is 3.16. The van der Waals surface area contributed by atoms with Crippen molar-refractivity contribution in [2.75, 3.05) is 7.11 Å². The van der Waals surface area contributed by atoms with Gasteiger partial charge in [-0.1, -0.05) is 26.8 Å². The zero-order chi connectivity index (χ0) is 10.4. The van der Waals surface area contributed by atoms with Crippen molar-refractivity contribution in [2.45, 2.75) is 41.0 Å². The highest BCUT2D eigenvalue weighted by Crippen LogP contribution is 2.23. The molecule has 0 spiro atoms. The number of methoxy groups -OCH3 is 1. The maximum Gasteiger partial charge on any atom is 0.120 e. The molecule has 0 N–H and O–H groups in total. The third-order valence-corrected chi connectivity index (χ3v) is 2.36. The molecule has 0 saturated carbocycles. The highest BCUT2D eigenvalue weighted by molar-refractivity contribution is 5.29. The normalized spacial score (nSPS) is 14.5. The summed E-state index contributed by atoms with van der Waals surface area (Å²) in [5.41, 5.74) is 2.63. The van der Waals surface area contributed by atoms with Crippen LogP contribution in [0.5, 0.6) is 0 Å². The van der Waals surface area contributed by atoms with E-state index >= 15 is 0 Å². The molecule has 0 fully saturated rings. The van der Waals surface area contributed by atoms with Crippen molar-refractivity contribution >= 4 is 0 Å². The van der Waals surface area contributed by atoms with Gasteiger partial charge in [0.25, 0.3) is 0 Å². The van der Waals surface area contributed by atoms with Gasteiger partial charge in [-0.25, -0.2) is 0 Å². The Morgan fingerprint density at radius 2 is 1.92 bits per heavy atom. The first-order valence-corrected chi connectivity index (χ1v) is 4.98. The fourth-order valence-corrected chi connectivity index (χ4v) is 1.51. The van der Waals surface area contributed by atoms with Crippen molar-refractivity contribution in [3.63, 3.8) is 0 Å². The Bertz CT molecular complexity index is 209. The van der Waals surface area contributed by atoms with Crippen LogP contribution in [0.25, 0.3) is 0 Å². The Morgan fingerprint density at radius 3 is 2.15 bits per heavy atom. The molecule has 0 rings (SSSR count). The smallest absolute Gasteiger partial charge is 0.120 e. The first kappa shape index (κ1) is 12.3. The molecule has 0 atom stereocenters. The standard InChI is InChI=1S/C12H22O/c1-7-10(5)12(13-6)11(8-2)9(3)4/h7,9H,8H2,1-6H3/b10-7-,12-11-. The monoisotopic (exact) mass is 182 g/mol. The molecule has 0 aliphatic heterocycles. The lowest BCUT2D eigenvalue weighted by atomic mass is 9.96. The summed E-state index contributed by atoms with van der Waals surface area (Å²) in [7, 11) is 1.75. The Balaban J connectivity index is 5.05. The van der Waals surface area contributed by atoms with E-state index in [-0.39, 0.29) is 0 Å². The van der Waals surface area contributed by atoms with E-state index in [0.29, 0.717) is 5.92 Å². The van der Waals surface area contributed by atoms with Crippen LogP contribution in [0.3, 0.4) is 0 Å². The second kappa shape index (κ2) is 5.85. The molecule has 76 valence electrons. The van der Waals surface area contributed by atoms with Gasteiger partial charge in [-0.3, -0.25) is 0 Å². The summed E-state index contributed by atoms with van der Waals surface area (Å²) < 4.78 is 5.43. The molecule has 0 unspecified atom stereocenters. The molecule has 0 radical (unpaired) electrons. The number of ether oxygens (including phenoxy) is 1. The number of rotatable bonds is 4. The third kappa shape index (κ3) is 3.25. The zero-order valence-electron chi connectivity index (χ0n) is 9.77. The van der Waals surface area contributed by atoms with Gasteiger partial charge in [-0.15, -0.1) is 0 Å². The highest BCUT2D eigenvalue weighted by Gasteiger charge is 2.10. The van der Waals surface area contributed by atoms with Crippen LogP contribution >= 0.6 is 0 Å². The second-order valence-electron chi connectivity index (χ2n) is 3.54. The molecular weight excluding hydrogens is 160 g/mol. The number of hydrogen-bond donors (Lipinski definition) is 0. The van der Waals surface area contributed by atoms with Crippen LogP contribution in [0.15, 0.2) is 23.0 Å². The van der Waals surface area contributed by atoms with Crippen LogP contribution < -0.4 is 0 Å². The van der Waals surface area contributed by atoms with Gasteiger partial charge in [-0.05, 0) is 37.3 Å². The van der Waals surface area contributed by atoms with E-state index < -0.39 is 0 Å². The van der Waals surface area contributed by atoms with Gasteiger partial charge < -0.3 is 4.74 Å². The van der Waals surface area contributed by atoms with Crippen molar-refractivity contribution < 1.29 is 4.74 Å². The number of allylic oxidation sites excluding steroid dienone is 3. The summed E-state index contributed by atoms with van der Waals surface area (Å²) in [4.78, 5) is 0. The largest absolute Gasteiger partial charge is 0.497 e. The molecule has 0 amide bonds. The predicted molar refractivity (Wildman–Crippen MR) is 58.6 cm³/mol. The first-order valence-electron chi connectivity index (χ1n) is 4.98. The van der Waals surface area contributed by atoms with E-state index in [4.69, 9.17) is 4.74 Å². The Labute approximate surface area is 82.5 Å². The van der Waals surface area contributed by atoms with Crippen LogP contribution in [0.4, 0.5) is 0 Å². The van der Waals surface area contributed by atoms with E-state index in [0.717, 1.165) is 12.2 Å². The van der Waals surface area contributed by atoms with E-state index in [2.05, 4.69) is 33.8 Å². The molecule has 0 aromatic heterocycles. The Hall–Kier alpha value is -0.720. The summed E-state index contributed by atoms with van der Waals surface area (Å²) in [5, 5.41) is 0. The van der Waals surface area contributed by atoms with Gasteiger partial charge >= 0.3 is 0 Å². The van der Waals surface area contributed by atoms with Crippen LogP contribution in [0.2, 0.25) is 0 Å². The zero-order valence-corrected chi connectivity index (χ0v) is 9.77. The van der Waals surface area contributed by atoms with Gasteiger partial charge in [-0.2, -0.15) is 0 Å². The quantitative estimate of drug-likeness (QED) is 0.473. The summed E-state index contributed by atoms with van der Waals surface area (Å²) >= 11 is 0. The lowest BCUT2D eigenvalue weighted by Crippen LogP contribution is -2.02. The minimum Gasteiger partial charge on any atom is -0.497 e. The summed E-state index contributed by atoms with van der Waals surface area (Å²) in [6.45, 7) is 10.7. The minimum absolute atomic E-state index is 0.565. The third-order valence-electron chi connectivity index (χ3n) is 2.36. The van der Waals surface area contributed by atoms with Crippen molar-refractivity contribution in [2.24, 2.45) is 5.92 Å². The molecule has 0 aromatic rings. The van der Waals surface area contributed by atoms with Crippen LogP contribution in [0.1, 0.15) is 41.0 Å². The van der Waals surface area contributed by atoms with Gasteiger partial charge in [0.05, 0.1) is 7.11 Å². The van der Waals surface area contributed by atoms with Crippen LogP contribution in [0, 0.1) is 5.92 Å². The average molecular weight is 182 g/mol. The first-order chi connectivity index (χ1) is 6.08. The Kier molecular flexibility index (Phi) is 5.52. The highest BCUT2D eigenvalue weighted by atomic mass is 16.5. The molecule has 0 aromatic carbocycles. The van der Waals surface area contributed by atoms with E-state index in [1.54, 1.807) is 7.11 Å². The maximum absolute atomic E-state index is 5.43. The molecule has 13 heavy (non-hydrogen) atoms. The van der Waals surface area contributed by atoms with Crippen molar-refractivity contribution in [1.29, 1.82) is 0 Å². The van der Waals surface area contributed by atoms with Crippen molar-refractivity contribution in [1.82, 2.24) is 0 Å². The summed E-state index contributed by atoms with van der Waals surface area (Å²) in [5.74, 6) is 1.63. The molecular formula is C12H22O. The molecule has 0 aliphatic carbocycles. The molecule has 1 nitrogen and oxygen atoms in total. The SMILES string of the molecule is C/C=C(C)\C(OC)=C(/CC)C(C)C. The van der Waals surface area contributed by atoms with Gasteiger partial charge in [0.15, 0.2) is 0 Å². The molecule has 0 bridgehead atoms. The van der Waals surface area contributed by atoms with Gasteiger partial charge in [0.2, 0.25) is 0 Å². The fourth-order valence-electron chi connectivity index (χ4n) is 1.51. The predicted octanol–water partition coefficient (Wildman–Crippen LogP) is 3.92. The Morgan fingerprint density at radius 1 is 1.38 bits per heavy atom. The van der Waals surface area contributed by atoms with Crippen LogP contribution in [-0.2, 0) is 4.74 Å². The lowest BCUT2D eigenvalue weighted by molar-refractivity contribution is 0.290. The average Bonchev–Trinajstić information content (AvgIpc) is 2.12. The fraction of sp³-hybridized carbons (Fsp3) is 0.667. The van der Waals surface area contributed by atoms with E-state index in [1.165, 1.54) is 11.1 Å². The lowest BCUT2D eigenvalue weighted by Gasteiger charge is -2.16. The molecule has 0 aliphatic rings. The minimum atomic E-state index is 0.565. The maximum atomic E-state index is 5.43. The molecule has 0 saturated heterocycles. The molecule has 0 heterocycles. The van der Waals surface area contributed by atoms with Crippen molar-refractivity contribution in [3.05, 3.63) is 23.0 Å². The topological polar surface area (TPSA) is 9.23 Å². The second-order valence-corrected chi connectivity index (χ2v) is 3.54. The van der Waals surface area contributed by atoms with E-state index in [9.17, 15) is 0 Å². The molecule has 1 heteroatoms. The van der Waals surface area contributed by atoms with Crippen molar-refractivity contribution in [3.8, 4) is 0 Å². The van der Waals surface area contributed by atoms with Crippen LogP contribution in [-0.4, -0.2) is 7.11 Å².